The minimum atomic E-state index is -0.168. The third-order valence-corrected chi connectivity index (χ3v) is 4.00. The van der Waals surface area contributed by atoms with Crippen LogP contribution in [0.4, 0.5) is 0 Å². The molecule has 0 radical (unpaired) electrons. The zero-order valence-electron chi connectivity index (χ0n) is 10.6. The number of pyridine rings is 1. The van der Waals surface area contributed by atoms with Gasteiger partial charge in [0, 0.05) is 23.4 Å². The van der Waals surface area contributed by atoms with Gasteiger partial charge in [0.2, 0.25) is 0 Å². The lowest BCUT2D eigenvalue weighted by Gasteiger charge is -2.35. The van der Waals surface area contributed by atoms with Gasteiger partial charge in [0.15, 0.2) is 5.78 Å². The summed E-state index contributed by atoms with van der Waals surface area (Å²) in [5, 5.41) is 3.33. The first kappa shape index (κ1) is 12.2. The molecule has 1 fully saturated rings. The maximum absolute atomic E-state index is 12.7. The van der Waals surface area contributed by atoms with Gasteiger partial charge in [-0.25, -0.2) is 0 Å². The number of nitrogens with zero attached hydrogens (tertiary/aromatic N) is 1. The van der Waals surface area contributed by atoms with Gasteiger partial charge in [-0.05, 0) is 50.9 Å². The first-order valence-corrected chi connectivity index (χ1v) is 6.36. The van der Waals surface area contributed by atoms with Crippen molar-refractivity contribution in [3.05, 3.63) is 29.6 Å². The Morgan fingerprint density at radius 1 is 1.47 bits per heavy atom. The zero-order chi connectivity index (χ0) is 12.3. The number of carbonyl (C=O) groups excluding carboxylic acids is 1. The molecule has 1 aromatic heterocycles. The van der Waals surface area contributed by atoms with Gasteiger partial charge in [-0.1, -0.05) is 6.92 Å². The van der Waals surface area contributed by atoms with E-state index in [-0.39, 0.29) is 11.2 Å². The van der Waals surface area contributed by atoms with Crippen molar-refractivity contribution in [2.45, 2.75) is 33.1 Å². The average molecular weight is 232 g/mol. The molecule has 0 aliphatic carbocycles. The van der Waals surface area contributed by atoms with Crippen LogP contribution in [0.2, 0.25) is 0 Å². The van der Waals surface area contributed by atoms with Crippen LogP contribution in [0, 0.1) is 12.3 Å². The molecule has 1 aliphatic heterocycles. The molecule has 3 nitrogen and oxygen atoms in total. The van der Waals surface area contributed by atoms with Crippen LogP contribution in [0.25, 0.3) is 0 Å². The van der Waals surface area contributed by atoms with Gasteiger partial charge in [-0.2, -0.15) is 0 Å². The van der Waals surface area contributed by atoms with Crippen molar-refractivity contribution < 1.29 is 4.79 Å². The lowest BCUT2D eigenvalue weighted by Crippen LogP contribution is -2.42. The van der Waals surface area contributed by atoms with E-state index >= 15 is 0 Å². The molecule has 1 N–H and O–H groups in total. The molecular formula is C14H20N2O. The number of hydrogen-bond donors (Lipinski definition) is 1. The molecular weight excluding hydrogens is 212 g/mol. The number of nitrogens with one attached hydrogen (secondary N) is 1. The number of carbonyl (C=O) groups is 1. The van der Waals surface area contributed by atoms with E-state index in [2.05, 4.69) is 17.2 Å². The van der Waals surface area contributed by atoms with Crippen molar-refractivity contribution in [3.63, 3.8) is 0 Å². The zero-order valence-corrected chi connectivity index (χ0v) is 10.6. The summed E-state index contributed by atoms with van der Waals surface area (Å²) in [7, 11) is 0. The monoisotopic (exact) mass is 232 g/mol. The highest BCUT2D eigenvalue weighted by molar-refractivity contribution is 6.01. The Hall–Kier alpha value is -1.22. The summed E-state index contributed by atoms with van der Waals surface area (Å²) in [5.74, 6) is 0.284. The highest BCUT2D eigenvalue weighted by atomic mass is 16.1. The third kappa shape index (κ3) is 2.25. The van der Waals surface area contributed by atoms with E-state index < -0.39 is 0 Å². The van der Waals surface area contributed by atoms with Crippen LogP contribution in [-0.2, 0) is 0 Å². The van der Waals surface area contributed by atoms with Crippen LogP contribution in [0.1, 0.15) is 42.1 Å². The summed E-state index contributed by atoms with van der Waals surface area (Å²) >= 11 is 0. The molecule has 1 saturated heterocycles. The largest absolute Gasteiger partial charge is 0.317 e. The second kappa shape index (κ2) is 4.96. The summed E-state index contributed by atoms with van der Waals surface area (Å²) in [6.45, 7) is 5.99. The molecule has 17 heavy (non-hydrogen) atoms. The standard InChI is InChI=1S/C14H20N2O/c1-3-14(5-8-15-9-6-14)13(17)12-10-16-7-4-11(12)2/h4,7,10,15H,3,5-6,8-9H2,1-2H3. The third-order valence-electron chi connectivity index (χ3n) is 4.00. The van der Waals surface area contributed by atoms with Gasteiger partial charge in [0.25, 0.3) is 0 Å². The second-order valence-electron chi connectivity index (χ2n) is 4.90. The maximum Gasteiger partial charge on any atom is 0.170 e. The van der Waals surface area contributed by atoms with Gasteiger partial charge in [-0.15, -0.1) is 0 Å². The average Bonchev–Trinajstić information content (AvgIpc) is 2.39. The molecule has 0 bridgehead atoms. The number of aryl methyl sites for hydroxylation is 1. The second-order valence-corrected chi connectivity index (χ2v) is 4.90. The molecule has 1 aromatic rings. The molecule has 0 unspecified atom stereocenters. The van der Waals surface area contributed by atoms with Crippen LogP contribution in [0.5, 0.6) is 0 Å². The van der Waals surface area contributed by atoms with E-state index in [1.807, 2.05) is 13.0 Å². The SMILES string of the molecule is CCC1(C(=O)c2cnccc2C)CCNCC1. The number of hydrogen-bond acceptors (Lipinski definition) is 3. The molecule has 3 heteroatoms. The molecule has 2 heterocycles. The Bertz CT molecular complexity index is 408. The fraction of sp³-hybridized carbons (Fsp3) is 0.571. The fourth-order valence-electron chi connectivity index (χ4n) is 2.63. The Morgan fingerprint density at radius 3 is 2.76 bits per heavy atom. The van der Waals surface area contributed by atoms with E-state index in [9.17, 15) is 4.79 Å². The van der Waals surface area contributed by atoms with Crippen LogP contribution in [0.3, 0.4) is 0 Å². The Morgan fingerprint density at radius 2 is 2.18 bits per heavy atom. The first-order chi connectivity index (χ1) is 8.19. The van der Waals surface area contributed by atoms with Crippen molar-refractivity contribution in [1.82, 2.24) is 10.3 Å². The van der Waals surface area contributed by atoms with Crippen molar-refractivity contribution in [2.24, 2.45) is 5.41 Å². The predicted octanol–water partition coefficient (Wildman–Crippen LogP) is 2.35. The van der Waals surface area contributed by atoms with Crippen LogP contribution >= 0.6 is 0 Å². The van der Waals surface area contributed by atoms with Gasteiger partial charge in [0.1, 0.15) is 0 Å². The van der Waals surface area contributed by atoms with Crippen molar-refractivity contribution in [1.29, 1.82) is 0 Å². The highest BCUT2D eigenvalue weighted by Crippen LogP contribution is 2.36. The predicted molar refractivity (Wildman–Crippen MR) is 68.1 cm³/mol. The molecule has 0 amide bonds. The summed E-state index contributed by atoms with van der Waals surface area (Å²) in [6.07, 6.45) is 6.26. The maximum atomic E-state index is 12.7. The molecule has 1 aliphatic rings. The van der Waals surface area contributed by atoms with E-state index in [0.717, 1.165) is 43.5 Å². The summed E-state index contributed by atoms with van der Waals surface area (Å²) < 4.78 is 0. The number of rotatable bonds is 3. The van der Waals surface area contributed by atoms with E-state index in [0.29, 0.717) is 0 Å². The van der Waals surface area contributed by atoms with Gasteiger partial charge >= 0.3 is 0 Å². The smallest absolute Gasteiger partial charge is 0.170 e. The fourth-order valence-corrected chi connectivity index (χ4v) is 2.63. The topological polar surface area (TPSA) is 42.0 Å². The number of piperidine rings is 1. The molecule has 0 aromatic carbocycles. The van der Waals surface area contributed by atoms with Crippen LogP contribution < -0.4 is 5.32 Å². The lowest BCUT2D eigenvalue weighted by atomic mass is 9.71. The van der Waals surface area contributed by atoms with E-state index in [1.165, 1.54) is 0 Å². The quantitative estimate of drug-likeness (QED) is 0.813. The van der Waals surface area contributed by atoms with Crippen molar-refractivity contribution in [3.8, 4) is 0 Å². The molecule has 0 atom stereocenters. The molecule has 0 saturated carbocycles. The summed E-state index contributed by atoms with van der Waals surface area (Å²) in [4.78, 5) is 16.8. The number of Topliss-reactive ketones (excluding diaryl/α,β-unsaturated/α-hetero) is 1. The minimum absolute atomic E-state index is 0.168. The summed E-state index contributed by atoms with van der Waals surface area (Å²) in [5.41, 5.74) is 1.67. The molecule has 92 valence electrons. The van der Waals surface area contributed by atoms with Crippen LogP contribution in [0.15, 0.2) is 18.5 Å². The van der Waals surface area contributed by atoms with Gasteiger partial charge in [-0.3, -0.25) is 9.78 Å². The van der Waals surface area contributed by atoms with Gasteiger partial charge < -0.3 is 5.32 Å². The normalized spacial score (nSPS) is 18.9. The van der Waals surface area contributed by atoms with Crippen molar-refractivity contribution in [2.75, 3.05) is 13.1 Å². The Labute approximate surface area is 103 Å². The number of ketones is 1. The summed E-state index contributed by atoms with van der Waals surface area (Å²) in [6, 6.07) is 1.91. The van der Waals surface area contributed by atoms with E-state index in [4.69, 9.17) is 0 Å². The molecule has 2 rings (SSSR count). The Balaban J connectivity index is 2.32. The van der Waals surface area contributed by atoms with Crippen molar-refractivity contribution >= 4 is 5.78 Å². The molecule has 0 spiro atoms. The number of aromatic nitrogens is 1. The highest BCUT2D eigenvalue weighted by Gasteiger charge is 2.38. The van der Waals surface area contributed by atoms with E-state index in [1.54, 1.807) is 12.4 Å². The minimum Gasteiger partial charge on any atom is -0.317 e. The lowest BCUT2D eigenvalue weighted by molar-refractivity contribution is 0.0716. The Kier molecular flexibility index (Phi) is 3.57. The first-order valence-electron chi connectivity index (χ1n) is 6.36. The van der Waals surface area contributed by atoms with Crippen LogP contribution in [-0.4, -0.2) is 23.9 Å². The van der Waals surface area contributed by atoms with Gasteiger partial charge in [0.05, 0.1) is 0 Å².